The van der Waals surface area contributed by atoms with Crippen LogP contribution in [0.1, 0.15) is 11.5 Å². The quantitative estimate of drug-likeness (QED) is 0.788. The Balaban J connectivity index is 0.000000861. The molecule has 1 aromatic heterocycles. The number of nitrogens with zero attached hydrogens (tertiary/aromatic N) is 4. The molecule has 0 bridgehead atoms. The van der Waals surface area contributed by atoms with Gasteiger partial charge in [-0.3, -0.25) is 4.90 Å². The number of aliphatic hydroxyl groups excluding tert-OH is 1. The molecule has 0 aromatic carbocycles. The van der Waals surface area contributed by atoms with E-state index in [0.717, 1.165) is 50.1 Å². The van der Waals surface area contributed by atoms with Crippen LogP contribution in [0.5, 0.6) is 0 Å². The average molecular weight is 267 g/mol. The highest BCUT2D eigenvalue weighted by Gasteiger charge is 2.17. The zero-order valence-electron chi connectivity index (χ0n) is 12.1. The van der Waals surface area contributed by atoms with E-state index in [1.165, 1.54) is 7.05 Å². The summed E-state index contributed by atoms with van der Waals surface area (Å²) in [5.41, 5.74) is 5.52. The maximum Gasteiger partial charge on any atom is 0.132 e. The zero-order chi connectivity index (χ0) is 14.3. The van der Waals surface area contributed by atoms with Gasteiger partial charge in [-0.05, 0) is 20.9 Å². The minimum atomic E-state index is 0.242. The number of β-amino-alcohol motifs (C(OH)–C–C–N with tert-alkyl or cyclic N) is 1. The minimum absolute atomic E-state index is 0.242. The Morgan fingerprint density at radius 1 is 1.16 bits per heavy atom. The summed E-state index contributed by atoms with van der Waals surface area (Å²) in [6.45, 7) is 8.86. The van der Waals surface area contributed by atoms with Crippen LogP contribution in [0.2, 0.25) is 0 Å². The summed E-state index contributed by atoms with van der Waals surface area (Å²) in [6.07, 6.45) is 0. The molecule has 1 aliphatic heterocycles. The molecular weight excluding hydrogens is 242 g/mol. The molecule has 3 N–H and O–H groups in total. The van der Waals surface area contributed by atoms with Crippen LogP contribution in [0, 0.1) is 13.8 Å². The summed E-state index contributed by atoms with van der Waals surface area (Å²) in [5, 5.41) is 8.90. The molecule has 0 spiro atoms. The summed E-state index contributed by atoms with van der Waals surface area (Å²) in [6, 6.07) is 2.04. The van der Waals surface area contributed by atoms with Crippen molar-refractivity contribution in [2.24, 2.45) is 5.73 Å². The van der Waals surface area contributed by atoms with Crippen molar-refractivity contribution in [2.75, 3.05) is 51.3 Å². The van der Waals surface area contributed by atoms with Crippen molar-refractivity contribution in [1.82, 2.24) is 14.9 Å². The van der Waals surface area contributed by atoms with Crippen LogP contribution in [-0.4, -0.2) is 66.4 Å². The van der Waals surface area contributed by atoms with E-state index < -0.39 is 0 Å². The second-order valence-electron chi connectivity index (χ2n) is 4.47. The van der Waals surface area contributed by atoms with Crippen molar-refractivity contribution in [2.45, 2.75) is 13.8 Å². The molecule has 1 aromatic rings. The van der Waals surface area contributed by atoms with E-state index in [2.05, 4.69) is 25.5 Å². The zero-order valence-corrected chi connectivity index (χ0v) is 12.1. The molecule has 2 rings (SSSR count). The van der Waals surface area contributed by atoms with Gasteiger partial charge in [0.2, 0.25) is 0 Å². The lowest BCUT2D eigenvalue weighted by Gasteiger charge is -2.35. The Morgan fingerprint density at radius 2 is 1.79 bits per heavy atom. The molecule has 19 heavy (non-hydrogen) atoms. The number of aliphatic hydroxyl groups is 1. The molecule has 0 aliphatic carbocycles. The van der Waals surface area contributed by atoms with Gasteiger partial charge in [0.15, 0.2) is 0 Å². The first kappa shape index (κ1) is 15.8. The predicted octanol–water partition coefficient (Wildman–Crippen LogP) is -0.217. The van der Waals surface area contributed by atoms with Gasteiger partial charge in [-0.1, -0.05) is 0 Å². The summed E-state index contributed by atoms with van der Waals surface area (Å²) >= 11 is 0. The molecule has 6 nitrogen and oxygen atoms in total. The topological polar surface area (TPSA) is 78.5 Å². The highest BCUT2D eigenvalue weighted by atomic mass is 16.3. The predicted molar refractivity (Wildman–Crippen MR) is 77.4 cm³/mol. The molecule has 0 saturated carbocycles. The van der Waals surface area contributed by atoms with Gasteiger partial charge < -0.3 is 15.7 Å². The highest BCUT2D eigenvalue weighted by Crippen LogP contribution is 2.14. The third kappa shape index (κ3) is 4.74. The molecule has 0 unspecified atom stereocenters. The number of nitrogens with two attached hydrogens (primary N) is 1. The maximum absolute atomic E-state index is 8.90. The van der Waals surface area contributed by atoms with Crippen molar-refractivity contribution in [3.05, 3.63) is 17.6 Å². The molecule has 2 heterocycles. The van der Waals surface area contributed by atoms with E-state index in [-0.39, 0.29) is 6.61 Å². The first-order valence-corrected chi connectivity index (χ1v) is 6.67. The average Bonchev–Trinajstić information content (AvgIpc) is 2.41. The molecular formula is C13H25N5O. The van der Waals surface area contributed by atoms with Gasteiger partial charge in [-0.15, -0.1) is 0 Å². The molecule has 0 amide bonds. The van der Waals surface area contributed by atoms with Crippen LogP contribution in [-0.2, 0) is 0 Å². The van der Waals surface area contributed by atoms with Crippen LogP contribution in [0.4, 0.5) is 5.82 Å². The Bertz CT molecular complexity index is 357. The third-order valence-electron chi connectivity index (χ3n) is 3.07. The summed E-state index contributed by atoms with van der Waals surface area (Å²) in [7, 11) is 1.50. The van der Waals surface area contributed by atoms with E-state index in [0.29, 0.717) is 0 Å². The van der Waals surface area contributed by atoms with Crippen molar-refractivity contribution < 1.29 is 5.11 Å². The van der Waals surface area contributed by atoms with Gasteiger partial charge >= 0.3 is 0 Å². The molecule has 0 radical (unpaired) electrons. The van der Waals surface area contributed by atoms with Crippen molar-refractivity contribution in [3.63, 3.8) is 0 Å². The van der Waals surface area contributed by atoms with E-state index in [1.807, 2.05) is 19.9 Å². The SMILES string of the molecule is CN.Cc1cc(N2CCN(CCO)CC2)nc(C)n1. The fraction of sp³-hybridized carbons (Fsp3) is 0.692. The van der Waals surface area contributed by atoms with Crippen LogP contribution in [0.25, 0.3) is 0 Å². The van der Waals surface area contributed by atoms with E-state index in [9.17, 15) is 0 Å². The number of rotatable bonds is 3. The van der Waals surface area contributed by atoms with Gasteiger partial charge in [-0.2, -0.15) is 0 Å². The Hall–Kier alpha value is -1.24. The van der Waals surface area contributed by atoms with Gasteiger partial charge in [-0.25, -0.2) is 9.97 Å². The molecule has 1 fully saturated rings. The minimum Gasteiger partial charge on any atom is -0.395 e. The maximum atomic E-state index is 8.90. The standard InChI is InChI=1S/C12H20N4O.CH5N/c1-10-9-12(14-11(2)13-10)16-5-3-15(4-6-16)7-8-17;1-2/h9,17H,3-8H2,1-2H3;2H2,1H3. The monoisotopic (exact) mass is 267 g/mol. The van der Waals surface area contributed by atoms with E-state index in [4.69, 9.17) is 5.11 Å². The Labute approximate surface area is 115 Å². The molecule has 6 heteroatoms. The fourth-order valence-electron chi connectivity index (χ4n) is 2.20. The number of piperazine rings is 1. The lowest BCUT2D eigenvalue weighted by Crippen LogP contribution is -2.47. The first-order valence-electron chi connectivity index (χ1n) is 6.67. The van der Waals surface area contributed by atoms with E-state index in [1.54, 1.807) is 0 Å². The van der Waals surface area contributed by atoms with Crippen molar-refractivity contribution in [1.29, 1.82) is 0 Å². The lowest BCUT2D eigenvalue weighted by atomic mass is 10.3. The van der Waals surface area contributed by atoms with E-state index >= 15 is 0 Å². The second kappa shape index (κ2) is 8.04. The third-order valence-corrected chi connectivity index (χ3v) is 3.07. The highest BCUT2D eigenvalue weighted by molar-refractivity contribution is 5.40. The van der Waals surface area contributed by atoms with Crippen LogP contribution < -0.4 is 10.6 Å². The number of aromatic nitrogens is 2. The molecule has 1 saturated heterocycles. The summed E-state index contributed by atoms with van der Waals surface area (Å²) in [4.78, 5) is 13.3. The smallest absolute Gasteiger partial charge is 0.132 e. The number of hydrogen-bond donors (Lipinski definition) is 2. The molecule has 108 valence electrons. The molecule has 0 atom stereocenters. The van der Waals surface area contributed by atoms with Gasteiger partial charge in [0.25, 0.3) is 0 Å². The van der Waals surface area contributed by atoms with Crippen LogP contribution in [0.15, 0.2) is 6.07 Å². The van der Waals surface area contributed by atoms with Crippen molar-refractivity contribution in [3.8, 4) is 0 Å². The Kier molecular flexibility index (Phi) is 6.69. The number of hydrogen-bond acceptors (Lipinski definition) is 6. The molecule has 1 aliphatic rings. The fourth-order valence-corrected chi connectivity index (χ4v) is 2.20. The van der Waals surface area contributed by atoms with Gasteiger partial charge in [0, 0.05) is 44.5 Å². The lowest BCUT2D eigenvalue weighted by molar-refractivity contribution is 0.188. The summed E-state index contributed by atoms with van der Waals surface area (Å²) < 4.78 is 0. The van der Waals surface area contributed by atoms with Crippen LogP contribution in [0.3, 0.4) is 0 Å². The van der Waals surface area contributed by atoms with Gasteiger partial charge in [0.05, 0.1) is 6.61 Å². The Morgan fingerprint density at radius 3 is 2.32 bits per heavy atom. The summed E-state index contributed by atoms with van der Waals surface area (Å²) in [5.74, 6) is 1.86. The second-order valence-corrected chi connectivity index (χ2v) is 4.47. The van der Waals surface area contributed by atoms with Gasteiger partial charge in [0.1, 0.15) is 11.6 Å². The van der Waals surface area contributed by atoms with Crippen molar-refractivity contribution >= 4 is 5.82 Å². The normalized spacial score (nSPS) is 15.9. The number of aryl methyl sites for hydroxylation is 2. The number of anilines is 1. The largest absolute Gasteiger partial charge is 0.395 e. The first-order chi connectivity index (χ1) is 9.19. The van der Waals surface area contributed by atoms with Crippen LogP contribution >= 0.6 is 0 Å².